The minimum atomic E-state index is -0.786. The molecule has 0 saturated heterocycles. The summed E-state index contributed by atoms with van der Waals surface area (Å²) in [5.74, 6) is -1.55. The summed E-state index contributed by atoms with van der Waals surface area (Å²) in [4.78, 5) is 23.6. The highest BCUT2D eigenvalue weighted by atomic mass is 19.1. The molecule has 20 heavy (non-hydrogen) atoms. The van der Waals surface area contributed by atoms with Gasteiger partial charge in [-0.3, -0.25) is 4.79 Å². The number of ether oxygens (including phenoxy) is 1. The van der Waals surface area contributed by atoms with Gasteiger partial charge in [0.2, 0.25) is 0 Å². The van der Waals surface area contributed by atoms with Gasteiger partial charge in [-0.05, 0) is 38.5 Å². The van der Waals surface area contributed by atoms with Gasteiger partial charge in [0.25, 0.3) is 5.91 Å². The molecule has 108 valence electrons. The molecule has 0 unspecified atom stereocenters. The van der Waals surface area contributed by atoms with Crippen molar-refractivity contribution in [3.8, 4) is 0 Å². The van der Waals surface area contributed by atoms with Crippen LogP contribution in [0.15, 0.2) is 35.9 Å². The van der Waals surface area contributed by atoms with Crippen LogP contribution in [0.4, 0.5) is 4.39 Å². The van der Waals surface area contributed by atoms with Crippen molar-refractivity contribution in [1.82, 2.24) is 5.32 Å². The molecule has 0 heterocycles. The van der Waals surface area contributed by atoms with Gasteiger partial charge in [0.1, 0.15) is 11.9 Å². The molecule has 1 aromatic carbocycles. The topological polar surface area (TPSA) is 55.4 Å². The molecule has 5 heteroatoms. The van der Waals surface area contributed by atoms with Crippen molar-refractivity contribution in [2.45, 2.75) is 26.3 Å². The van der Waals surface area contributed by atoms with E-state index in [1.54, 1.807) is 0 Å². The number of allylic oxidation sites excluding steroid dienone is 1. The van der Waals surface area contributed by atoms with Gasteiger partial charge in [0, 0.05) is 5.56 Å². The fourth-order valence-electron chi connectivity index (χ4n) is 1.58. The SMILES string of the molecule is COC(=O)[C@H](CC=C(C)C)NC(=O)c1cccc(F)c1. The fraction of sp³-hybridized carbons (Fsp3) is 0.333. The second kappa shape index (κ2) is 7.43. The van der Waals surface area contributed by atoms with E-state index in [2.05, 4.69) is 10.1 Å². The van der Waals surface area contributed by atoms with Crippen LogP contribution in [0.5, 0.6) is 0 Å². The molecular weight excluding hydrogens is 261 g/mol. The van der Waals surface area contributed by atoms with E-state index in [4.69, 9.17) is 0 Å². The molecule has 0 aliphatic heterocycles. The zero-order valence-electron chi connectivity index (χ0n) is 11.8. The number of methoxy groups -OCH3 is 1. The van der Waals surface area contributed by atoms with E-state index >= 15 is 0 Å². The molecule has 4 nitrogen and oxygen atoms in total. The lowest BCUT2D eigenvalue weighted by Gasteiger charge is -2.15. The number of benzene rings is 1. The number of hydrogen-bond acceptors (Lipinski definition) is 3. The van der Waals surface area contributed by atoms with Gasteiger partial charge in [-0.1, -0.05) is 17.7 Å². The van der Waals surface area contributed by atoms with Crippen molar-refractivity contribution < 1.29 is 18.7 Å². The molecule has 1 N–H and O–H groups in total. The second-order valence-corrected chi connectivity index (χ2v) is 4.58. The first-order valence-electron chi connectivity index (χ1n) is 6.21. The highest BCUT2D eigenvalue weighted by molar-refractivity contribution is 5.96. The number of amides is 1. The Bertz CT molecular complexity index is 522. The maximum Gasteiger partial charge on any atom is 0.328 e. The Morgan fingerprint density at radius 2 is 2.10 bits per heavy atom. The largest absolute Gasteiger partial charge is 0.467 e. The van der Waals surface area contributed by atoms with Crippen LogP contribution in [-0.4, -0.2) is 25.0 Å². The lowest BCUT2D eigenvalue weighted by Crippen LogP contribution is -2.41. The van der Waals surface area contributed by atoms with Gasteiger partial charge >= 0.3 is 5.97 Å². The lowest BCUT2D eigenvalue weighted by atomic mass is 10.1. The quantitative estimate of drug-likeness (QED) is 0.665. The van der Waals surface area contributed by atoms with Crippen molar-refractivity contribution in [3.63, 3.8) is 0 Å². The van der Waals surface area contributed by atoms with Crippen LogP contribution in [0.1, 0.15) is 30.6 Å². The van der Waals surface area contributed by atoms with E-state index in [0.29, 0.717) is 6.42 Å². The number of rotatable bonds is 5. The maximum atomic E-state index is 13.1. The summed E-state index contributed by atoms with van der Waals surface area (Å²) in [6.45, 7) is 3.78. The standard InChI is InChI=1S/C15H18FNO3/c1-10(2)7-8-13(15(19)20-3)17-14(18)11-5-4-6-12(16)9-11/h4-7,9,13H,8H2,1-3H3,(H,17,18)/t13-/m0/s1. The van der Waals surface area contributed by atoms with Gasteiger partial charge < -0.3 is 10.1 Å². The summed E-state index contributed by atoms with van der Waals surface area (Å²) < 4.78 is 17.7. The molecule has 0 saturated carbocycles. The Balaban J connectivity index is 2.81. The fourth-order valence-corrected chi connectivity index (χ4v) is 1.58. The molecule has 0 aliphatic carbocycles. The molecule has 1 rings (SSSR count). The molecule has 0 aromatic heterocycles. The Hall–Kier alpha value is -2.17. The predicted octanol–water partition coefficient (Wildman–Crippen LogP) is 2.45. The molecule has 1 amide bonds. The Morgan fingerprint density at radius 3 is 2.65 bits per heavy atom. The van der Waals surface area contributed by atoms with E-state index in [-0.39, 0.29) is 5.56 Å². The van der Waals surface area contributed by atoms with Gasteiger partial charge in [-0.25, -0.2) is 9.18 Å². The summed E-state index contributed by atoms with van der Waals surface area (Å²) in [5, 5.41) is 2.54. The van der Waals surface area contributed by atoms with Crippen LogP contribution in [0.25, 0.3) is 0 Å². The monoisotopic (exact) mass is 279 g/mol. The maximum absolute atomic E-state index is 13.1. The summed E-state index contributed by atoms with van der Waals surface area (Å²) in [6, 6.07) is 4.49. The normalized spacial score (nSPS) is 11.4. The van der Waals surface area contributed by atoms with E-state index in [0.717, 1.165) is 11.6 Å². The lowest BCUT2D eigenvalue weighted by molar-refractivity contribution is -0.142. The van der Waals surface area contributed by atoms with Crippen molar-refractivity contribution in [1.29, 1.82) is 0 Å². The van der Waals surface area contributed by atoms with Gasteiger partial charge in [-0.2, -0.15) is 0 Å². The third-order valence-corrected chi connectivity index (χ3v) is 2.64. The van der Waals surface area contributed by atoms with Crippen LogP contribution in [0.3, 0.4) is 0 Å². The van der Waals surface area contributed by atoms with Crippen LogP contribution < -0.4 is 5.32 Å². The molecular formula is C15H18FNO3. The van der Waals surface area contributed by atoms with E-state index in [1.165, 1.54) is 25.3 Å². The summed E-state index contributed by atoms with van der Waals surface area (Å²) in [7, 11) is 1.26. The number of nitrogens with one attached hydrogen (secondary N) is 1. The van der Waals surface area contributed by atoms with Crippen LogP contribution in [-0.2, 0) is 9.53 Å². The Kier molecular flexibility index (Phi) is 5.90. The van der Waals surface area contributed by atoms with Gasteiger partial charge in [0.05, 0.1) is 7.11 Å². The molecule has 0 bridgehead atoms. The van der Waals surface area contributed by atoms with Crippen molar-refractivity contribution in [2.75, 3.05) is 7.11 Å². The van der Waals surface area contributed by atoms with Gasteiger partial charge in [0.15, 0.2) is 0 Å². The Morgan fingerprint density at radius 1 is 1.40 bits per heavy atom. The highest BCUT2D eigenvalue weighted by Crippen LogP contribution is 2.06. The number of hydrogen-bond donors (Lipinski definition) is 1. The minimum Gasteiger partial charge on any atom is -0.467 e. The summed E-state index contributed by atoms with van der Waals surface area (Å²) in [6.07, 6.45) is 2.16. The first kappa shape index (κ1) is 15.9. The number of esters is 1. The predicted molar refractivity (Wildman–Crippen MR) is 73.7 cm³/mol. The average Bonchev–Trinajstić information content (AvgIpc) is 2.42. The molecule has 0 spiro atoms. The highest BCUT2D eigenvalue weighted by Gasteiger charge is 2.21. The minimum absolute atomic E-state index is 0.163. The zero-order chi connectivity index (χ0) is 15.1. The molecule has 1 atom stereocenters. The van der Waals surface area contributed by atoms with Crippen LogP contribution in [0, 0.1) is 5.82 Å². The van der Waals surface area contributed by atoms with E-state index in [9.17, 15) is 14.0 Å². The van der Waals surface area contributed by atoms with E-state index < -0.39 is 23.7 Å². The van der Waals surface area contributed by atoms with E-state index in [1.807, 2.05) is 19.9 Å². The summed E-state index contributed by atoms with van der Waals surface area (Å²) >= 11 is 0. The summed E-state index contributed by atoms with van der Waals surface area (Å²) in [5.41, 5.74) is 1.19. The van der Waals surface area contributed by atoms with Crippen molar-refractivity contribution in [2.24, 2.45) is 0 Å². The van der Waals surface area contributed by atoms with Crippen LogP contribution >= 0.6 is 0 Å². The first-order chi connectivity index (χ1) is 9.43. The third kappa shape index (κ3) is 4.84. The second-order valence-electron chi connectivity index (χ2n) is 4.58. The number of carbonyl (C=O) groups excluding carboxylic acids is 2. The molecule has 0 radical (unpaired) electrons. The molecule has 1 aromatic rings. The Labute approximate surface area is 117 Å². The van der Waals surface area contributed by atoms with Crippen LogP contribution in [0.2, 0.25) is 0 Å². The number of carbonyl (C=O) groups is 2. The van der Waals surface area contributed by atoms with Gasteiger partial charge in [-0.15, -0.1) is 0 Å². The average molecular weight is 279 g/mol. The molecule has 0 fully saturated rings. The van der Waals surface area contributed by atoms with Crippen molar-refractivity contribution in [3.05, 3.63) is 47.3 Å². The number of halogens is 1. The molecule has 0 aliphatic rings. The smallest absolute Gasteiger partial charge is 0.328 e. The first-order valence-corrected chi connectivity index (χ1v) is 6.21. The zero-order valence-corrected chi connectivity index (χ0v) is 11.8. The third-order valence-electron chi connectivity index (χ3n) is 2.64. The van der Waals surface area contributed by atoms with Crippen molar-refractivity contribution >= 4 is 11.9 Å².